The smallest absolute Gasteiger partial charge is 0.200 e. The van der Waals surface area contributed by atoms with Crippen molar-refractivity contribution in [3.8, 4) is 11.3 Å². The van der Waals surface area contributed by atoms with E-state index < -0.39 is 0 Å². The SMILES string of the molecule is [2H]c1c(C)c2cc(C(C)C)ccc2c(-c2cc(C)cc(C)c2C)[n+]1C. The van der Waals surface area contributed by atoms with Crippen LogP contribution in [-0.4, -0.2) is 0 Å². The molecule has 1 aromatic heterocycles. The van der Waals surface area contributed by atoms with Gasteiger partial charge in [-0.25, -0.2) is 4.57 Å². The summed E-state index contributed by atoms with van der Waals surface area (Å²) in [5.74, 6) is 0.485. The van der Waals surface area contributed by atoms with Gasteiger partial charge in [-0.15, -0.1) is 0 Å². The van der Waals surface area contributed by atoms with Gasteiger partial charge < -0.3 is 0 Å². The Morgan fingerprint density at radius 3 is 2.29 bits per heavy atom. The molecule has 0 atom stereocenters. The van der Waals surface area contributed by atoms with E-state index in [-0.39, 0.29) is 0 Å². The lowest BCUT2D eigenvalue weighted by Gasteiger charge is -2.14. The number of fused-ring (bicyclic) bond motifs is 1. The van der Waals surface area contributed by atoms with E-state index in [2.05, 4.69) is 71.9 Å². The highest BCUT2D eigenvalue weighted by atomic mass is 14.9. The topological polar surface area (TPSA) is 3.88 Å². The number of hydrogen-bond donors (Lipinski definition) is 0. The van der Waals surface area contributed by atoms with Gasteiger partial charge in [-0.05, 0) is 67.8 Å². The summed E-state index contributed by atoms with van der Waals surface area (Å²) in [5, 5.41) is 2.43. The normalized spacial score (nSPS) is 12.1. The van der Waals surface area contributed by atoms with Crippen LogP contribution in [0.25, 0.3) is 22.0 Å². The summed E-state index contributed by atoms with van der Waals surface area (Å²) in [6.45, 7) is 13.0. The number of nitrogens with zero attached hydrogens (tertiary/aromatic N) is 1. The molecule has 124 valence electrons. The molecule has 0 bridgehead atoms. The van der Waals surface area contributed by atoms with E-state index in [1.165, 1.54) is 38.6 Å². The van der Waals surface area contributed by atoms with Crippen molar-refractivity contribution in [2.75, 3.05) is 0 Å². The maximum atomic E-state index is 8.63. The molecule has 0 radical (unpaired) electrons. The molecule has 0 fully saturated rings. The van der Waals surface area contributed by atoms with Crippen molar-refractivity contribution < 1.29 is 5.94 Å². The van der Waals surface area contributed by atoms with Crippen LogP contribution in [0, 0.1) is 27.7 Å². The van der Waals surface area contributed by atoms with Crippen LogP contribution >= 0.6 is 0 Å². The van der Waals surface area contributed by atoms with Crippen molar-refractivity contribution in [3.63, 3.8) is 0 Å². The molecule has 0 aliphatic heterocycles. The van der Waals surface area contributed by atoms with Crippen molar-refractivity contribution in [1.29, 1.82) is 0 Å². The van der Waals surface area contributed by atoms with E-state index in [1.807, 2.05) is 11.6 Å². The van der Waals surface area contributed by atoms with Gasteiger partial charge in [0, 0.05) is 5.56 Å². The van der Waals surface area contributed by atoms with Gasteiger partial charge in [0.15, 0.2) is 6.17 Å². The number of rotatable bonds is 2. The van der Waals surface area contributed by atoms with Crippen LogP contribution in [0.3, 0.4) is 0 Å². The molecule has 0 saturated heterocycles. The summed E-state index contributed by atoms with van der Waals surface area (Å²) < 4.78 is 10.7. The highest BCUT2D eigenvalue weighted by molar-refractivity contribution is 5.96. The van der Waals surface area contributed by atoms with Crippen LogP contribution in [0.1, 0.15) is 49.0 Å². The number of hydrogen-bond acceptors (Lipinski definition) is 0. The van der Waals surface area contributed by atoms with Gasteiger partial charge in [0.05, 0.1) is 10.9 Å². The Morgan fingerprint density at radius 1 is 0.917 bits per heavy atom. The molecular weight excluding hydrogens is 290 g/mol. The first-order valence-corrected chi connectivity index (χ1v) is 8.73. The van der Waals surface area contributed by atoms with E-state index in [4.69, 9.17) is 1.37 Å². The zero-order chi connectivity index (χ0) is 18.5. The fraction of sp³-hybridized carbons (Fsp3) is 0.348. The van der Waals surface area contributed by atoms with Gasteiger partial charge in [0.25, 0.3) is 0 Å². The molecule has 0 amide bonds. The third kappa shape index (κ3) is 2.73. The van der Waals surface area contributed by atoms with Gasteiger partial charge >= 0.3 is 0 Å². The monoisotopic (exact) mass is 319 g/mol. The maximum absolute atomic E-state index is 8.63. The average molecular weight is 319 g/mol. The van der Waals surface area contributed by atoms with E-state index in [0.717, 1.165) is 11.3 Å². The zero-order valence-electron chi connectivity index (χ0n) is 16.9. The van der Waals surface area contributed by atoms with Crippen molar-refractivity contribution in [2.45, 2.75) is 47.5 Å². The average Bonchev–Trinajstić information content (AvgIpc) is 2.56. The van der Waals surface area contributed by atoms with Crippen LogP contribution in [0.15, 0.2) is 36.5 Å². The first-order valence-electron chi connectivity index (χ1n) is 9.23. The molecule has 0 aliphatic rings. The van der Waals surface area contributed by atoms with Gasteiger partial charge in [-0.3, -0.25) is 0 Å². The predicted octanol–water partition coefficient (Wildman–Crippen LogP) is 5.69. The molecular formula is C23H28N+. The number of pyridine rings is 1. The molecule has 1 nitrogen and oxygen atoms in total. The molecule has 0 saturated carbocycles. The lowest BCUT2D eigenvalue weighted by atomic mass is 9.92. The fourth-order valence-corrected chi connectivity index (χ4v) is 3.60. The first-order chi connectivity index (χ1) is 11.7. The Bertz CT molecular complexity index is 984. The van der Waals surface area contributed by atoms with Gasteiger partial charge in [0.1, 0.15) is 8.42 Å². The second kappa shape index (κ2) is 6.05. The Kier molecular flexibility index (Phi) is 3.88. The summed E-state index contributed by atoms with van der Waals surface area (Å²) in [7, 11) is 2.01. The Balaban J connectivity index is 2.47. The van der Waals surface area contributed by atoms with Gasteiger partial charge in [-0.1, -0.05) is 37.6 Å². The maximum Gasteiger partial charge on any atom is 0.220 e. The molecule has 0 aliphatic carbocycles. The molecule has 0 spiro atoms. The largest absolute Gasteiger partial charge is 0.220 e. The van der Waals surface area contributed by atoms with Crippen LogP contribution in [0.4, 0.5) is 0 Å². The Hall–Kier alpha value is -2.15. The fourth-order valence-electron chi connectivity index (χ4n) is 3.60. The van der Waals surface area contributed by atoms with Crippen molar-refractivity contribution in [1.82, 2.24) is 0 Å². The predicted molar refractivity (Wildman–Crippen MR) is 104 cm³/mol. The minimum atomic E-state index is 0.485. The van der Waals surface area contributed by atoms with E-state index in [9.17, 15) is 0 Å². The summed E-state index contributed by atoms with van der Waals surface area (Å²) in [6.07, 6.45) is 0.585. The molecule has 2 aromatic carbocycles. The quantitative estimate of drug-likeness (QED) is 0.534. The van der Waals surface area contributed by atoms with Gasteiger partial charge in [-0.2, -0.15) is 0 Å². The standard InChI is InChI=1S/C23H28N/c1-14(2)19-8-9-20-21(12-19)17(5)13-24(7)23(20)22-11-15(3)10-16(4)18(22)6/h8-14H,1-7H3/q+1/i13D. The molecule has 1 heteroatoms. The van der Waals surface area contributed by atoms with Crippen molar-refractivity contribution in [2.24, 2.45) is 7.05 Å². The van der Waals surface area contributed by atoms with Crippen LogP contribution < -0.4 is 4.57 Å². The zero-order valence-corrected chi connectivity index (χ0v) is 15.9. The summed E-state index contributed by atoms with van der Waals surface area (Å²) in [6, 6.07) is 11.2. The lowest BCUT2D eigenvalue weighted by Crippen LogP contribution is -2.31. The van der Waals surface area contributed by atoms with E-state index >= 15 is 0 Å². The lowest BCUT2D eigenvalue weighted by molar-refractivity contribution is -0.659. The Labute approximate surface area is 147 Å². The van der Waals surface area contributed by atoms with Gasteiger partial charge in [0.2, 0.25) is 5.69 Å². The third-order valence-corrected chi connectivity index (χ3v) is 5.11. The van der Waals surface area contributed by atoms with E-state index in [1.54, 1.807) is 0 Å². The van der Waals surface area contributed by atoms with E-state index in [0.29, 0.717) is 12.1 Å². The minimum absolute atomic E-state index is 0.485. The summed E-state index contributed by atoms with van der Waals surface area (Å²) >= 11 is 0. The molecule has 1 heterocycles. The molecule has 0 unspecified atom stereocenters. The second-order valence-corrected chi connectivity index (χ2v) is 7.36. The third-order valence-electron chi connectivity index (χ3n) is 5.11. The minimum Gasteiger partial charge on any atom is -0.200 e. The van der Waals surface area contributed by atoms with Crippen molar-refractivity contribution in [3.05, 3.63) is 64.3 Å². The van der Waals surface area contributed by atoms with Crippen LogP contribution in [0.5, 0.6) is 0 Å². The Morgan fingerprint density at radius 2 is 1.62 bits per heavy atom. The second-order valence-electron chi connectivity index (χ2n) is 7.36. The van der Waals surface area contributed by atoms with Crippen molar-refractivity contribution >= 4 is 10.8 Å². The number of benzene rings is 2. The summed E-state index contributed by atoms with van der Waals surface area (Å²) in [4.78, 5) is 0. The molecule has 0 N–H and O–H groups in total. The number of aryl methyl sites for hydroxylation is 3. The highest BCUT2D eigenvalue weighted by Crippen LogP contribution is 2.33. The number of aromatic nitrogens is 1. The van der Waals surface area contributed by atoms with Crippen LogP contribution in [-0.2, 0) is 7.05 Å². The summed E-state index contributed by atoms with van der Waals surface area (Å²) in [5.41, 5.74) is 8.60. The first kappa shape index (κ1) is 15.4. The molecule has 3 rings (SSSR count). The molecule has 24 heavy (non-hydrogen) atoms. The molecule has 3 aromatic rings. The highest BCUT2D eigenvalue weighted by Gasteiger charge is 2.20. The van der Waals surface area contributed by atoms with Crippen LogP contribution in [0.2, 0.25) is 0 Å².